The Morgan fingerprint density at radius 3 is 2.89 bits per heavy atom. The lowest BCUT2D eigenvalue weighted by molar-refractivity contribution is -0.147. The van der Waals surface area contributed by atoms with Gasteiger partial charge in [0.1, 0.15) is 12.6 Å². The molecule has 5 nitrogen and oxygen atoms in total. The van der Waals surface area contributed by atoms with Gasteiger partial charge in [0.05, 0.1) is 0 Å². The van der Waals surface area contributed by atoms with Crippen LogP contribution in [0.15, 0.2) is 0 Å². The second kappa shape index (κ2) is 7.36. The Balaban J connectivity index is 2.58. The zero-order valence-corrected chi connectivity index (χ0v) is 11.6. The fourth-order valence-corrected chi connectivity index (χ4v) is 2.08. The molecule has 0 saturated carbocycles. The predicted molar refractivity (Wildman–Crippen MR) is 69.1 cm³/mol. The molecule has 1 atom stereocenters. The van der Waals surface area contributed by atoms with E-state index in [-0.39, 0.29) is 24.5 Å². The average Bonchev–Trinajstić information content (AvgIpc) is 2.31. The van der Waals surface area contributed by atoms with Gasteiger partial charge in [-0.3, -0.25) is 9.59 Å². The Kier molecular flexibility index (Phi) is 6.12. The minimum Gasteiger partial charge on any atom is -0.372 e. The second-order valence-electron chi connectivity index (χ2n) is 5.08. The monoisotopic (exact) mass is 256 g/mol. The maximum atomic E-state index is 12.0. The summed E-state index contributed by atoms with van der Waals surface area (Å²) in [6.07, 6.45) is 1.59. The fourth-order valence-electron chi connectivity index (χ4n) is 2.08. The van der Waals surface area contributed by atoms with Gasteiger partial charge in [-0.25, -0.2) is 0 Å². The van der Waals surface area contributed by atoms with Crippen LogP contribution in [0.5, 0.6) is 0 Å². The van der Waals surface area contributed by atoms with Crippen molar-refractivity contribution in [2.45, 2.75) is 39.7 Å². The Bertz CT molecular complexity index is 292. The number of nitrogens with zero attached hydrogens (tertiary/aromatic N) is 1. The van der Waals surface area contributed by atoms with Gasteiger partial charge in [0.2, 0.25) is 11.8 Å². The maximum absolute atomic E-state index is 12.0. The largest absolute Gasteiger partial charge is 0.372 e. The lowest BCUT2D eigenvalue weighted by Crippen LogP contribution is -2.58. The van der Waals surface area contributed by atoms with Crippen molar-refractivity contribution in [2.24, 2.45) is 5.92 Å². The van der Waals surface area contributed by atoms with E-state index in [1.807, 2.05) is 6.92 Å². The number of amides is 2. The number of carbonyl (C=O) groups excluding carboxylic acids is 2. The molecule has 18 heavy (non-hydrogen) atoms. The summed E-state index contributed by atoms with van der Waals surface area (Å²) in [6, 6.07) is -0.337. The van der Waals surface area contributed by atoms with Crippen molar-refractivity contribution < 1.29 is 14.3 Å². The van der Waals surface area contributed by atoms with Crippen LogP contribution in [0.2, 0.25) is 0 Å². The molecule has 0 aliphatic carbocycles. The van der Waals surface area contributed by atoms with E-state index in [4.69, 9.17) is 4.74 Å². The third-order valence-corrected chi connectivity index (χ3v) is 2.92. The van der Waals surface area contributed by atoms with E-state index in [9.17, 15) is 9.59 Å². The molecule has 0 aromatic carbocycles. The molecule has 1 fully saturated rings. The van der Waals surface area contributed by atoms with Gasteiger partial charge in [-0.1, -0.05) is 20.8 Å². The van der Waals surface area contributed by atoms with Crippen molar-refractivity contribution in [3.8, 4) is 0 Å². The molecule has 1 unspecified atom stereocenters. The first-order valence-corrected chi connectivity index (χ1v) is 6.71. The highest BCUT2D eigenvalue weighted by Gasteiger charge is 2.33. The van der Waals surface area contributed by atoms with E-state index in [1.54, 1.807) is 4.90 Å². The van der Waals surface area contributed by atoms with E-state index in [2.05, 4.69) is 19.2 Å². The lowest BCUT2D eigenvalue weighted by Gasteiger charge is -2.35. The second-order valence-corrected chi connectivity index (χ2v) is 5.08. The van der Waals surface area contributed by atoms with E-state index < -0.39 is 0 Å². The maximum Gasteiger partial charge on any atom is 0.249 e. The Hall–Kier alpha value is -1.10. The van der Waals surface area contributed by atoms with Gasteiger partial charge in [0.15, 0.2) is 0 Å². The Morgan fingerprint density at radius 2 is 2.28 bits per heavy atom. The van der Waals surface area contributed by atoms with Gasteiger partial charge in [-0.2, -0.15) is 0 Å². The summed E-state index contributed by atoms with van der Waals surface area (Å²) in [7, 11) is 0. The normalized spacial score (nSPS) is 20.1. The Morgan fingerprint density at radius 1 is 1.56 bits per heavy atom. The lowest BCUT2D eigenvalue weighted by atomic mass is 10.00. The molecule has 1 rings (SSSR count). The first kappa shape index (κ1) is 15.0. The third kappa shape index (κ3) is 4.29. The molecular formula is C13H24N2O3. The van der Waals surface area contributed by atoms with E-state index >= 15 is 0 Å². The predicted octanol–water partition coefficient (Wildman–Crippen LogP) is 0.786. The molecule has 1 N–H and O–H groups in total. The molecule has 104 valence electrons. The standard InChI is InChI=1S/C13H24N2O3/c1-4-7-18-9-12(16)15-6-5-14-13(17)11(15)8-10(2)3/h10-11H,4-9H2,1-3H3,(H,14,17). The van der Waals surface area contributed by atoms with Gasteiger partial charge < -0.3 is 15.0 Å². The van der Waals surface area contributed by atoms with Crippen molar-refractivity contribution >= 4 is 11.8 Å². The number of piperazine rings is 1. The van der Waals surface area contributed by atoms with Crippen molar-refractivity contribution in [1.82, 2.24) is 10.2 Å². The summed E-state index contributed by atoms with van der Waals surface area (Å²) in [6.45, 7) is 7.89. The highest BCUT2D eigenvalue weighted by molar-refractivity contribution is 5.89. The number of hydrogen-bond donors (Lipinski definition) is 1. The highest BCUT2D eigenvalue weighted by Crippen LogP contribution is 2.14. The van der Waals surface area contributed by atoms with Gasteiger partial charge in [-0.05, 0) is 18.8 Å². The zero-order valence-electron chi connectivity index (χ0n) is 11.6. The molecule has 0 spiro atoms. The van der Waals surface area contributed by atoms with E-state index in [1.165, 1.54) is 0 Å². The van der Waals surface area contributed by atoms with E-state index in [0.29, 0.717) is 32.0 Å². The van der Waals surface area contributed by atoms with Crippen LogP contribution in [-0.4, -0.2) is 49.1 Å². The molecule has 1 saturated heterocycles. The smallest absolute Gasteiger partial charge is 0.249 e. The number of carbonyl (C=O) groups is 2. The van der Waals surface area contributed by atoms with Crippen LogP contribution in [0, 0.1) is 5.92 Å². The summed E-state index contributed by atoms with van der Waals surface area (Å²) in [5.41, 5.74) is 0. The minimum absolute atomic E-state index is 0.0428. The van der Waals surface area contributed by atoms with Crippen molar-refractivity contribution in [2.75, 3.05) is 26.3 Å². The minimum atomic E-state index is -0.337. The van der Waals surface area contributed by atoms with Crippen molar-refractivity contribution in [1.29, 1.82) is 0 Å². The van der Waals surface area contributed by atoms with Crippen molar-refractivity contribution in [3.05, 3.63) is 0 Å². The SMILES string of the molecule is CCCOCC(=O)N1CCNC(=O)C1CC(C)C. The van der Waals surface area contributed by atoms with Crippen LogP contribution in [0.4, 0.5) is 0 Å². The van der Waals surface area contributed by atoms with Crippen LogP contribution in [0.1, 0.15) is 33.6 Å². The molecule has 0 aromatic heterocycles. The number of rotatable bonds is 6. The van der Waals surface area contributed by atoms with Gasteiger partial charge in [0, 0.05) is 19.7 Å². The summed E-state index contributed by atoms with van der Waals surface area (Å²) in [5.74, 6) is 0.258. The summed E-state index contributed by atoms with van der Waals surface area (Å²) in [5, 5.41) is 2.82. The molecule has 0 bridgehead atoms. The third-order valence-electron chi connectivity index (χ3n) is 2.92. The van der Waals surface area contributed by atoms with Gasteiger partial charge >= 0.3 is 0 Å². The first-order valence-electron chi connectivity index (χ1n) is 6.71. The van der Waals surface area contributed by atoms with Gasteiger partial charge in [-0.15, -0.1) is 0 Å². The van der Waals surface area contributed by atoms with Crippen LogP contribution in [0.3, 0.4) is 0 Å². The molecular weight excluding hydrogens is 232 g/mol. The summed E-state index contributed by atoms with van der Waals surface area (Å²) >= 11 is 0. The first-order chi connectivity index (χ1) is 8.56. The molecule has 1 heterocycles. The van der Waals surface area contributed by atoms with Crippen LogP contribution in [-0.2, 0) is 14.3 Å². The van der Waals surface area contributed by atoms with Gasteiger partial charge in [0.25, 0.3) is 0 Å². The number of ether oxygens (including phenoxy) is 1. The number of hydrogen-bond acceptors (Lipinski definition) is 3. The molecule has 2 amide bonds. The molecule has 1 aliphatic rings. The van der Waals surface area contributed by atoms with Crippen molar-refractivity contribution in [3.63, 3.8) is 0 Å². The van der Waals surface area contributed by atoms with E-state index in [0.717, 1.165) is 6.42 Å². The topological polar surface area (TPSA) is 58.6 Å². The zero-order chi connectivity index (χ0) is 13.5. The molecule has 1 aliphatic heterocycles. The fraction of sp³-hybridized carbons (Fsp3) is 0.846. The molecule has 5 heteroatoms. The van der Waals surface area contributed by atoms with Crippen LogP contribution >= 0.6 is 0 Å². The summed E-state index contributed by atoms with van der Waals surface area (Å²) < 4.78 is 5.26. The molecule has 0 aromatic rings. The Labute approximate surface area is 109 Å². The molecule has 0 radical (unpaired) electrons. The highest BCUT2D eigenvalue weighted by atomic mass is 16.5. The average molecular weight is 256 g/mol. The van der Waals surface area contributed by atoms with Crippen LogP contribution in [0.25, 0.3) is 0 Å². The summed E-state index contributed by atoms with van der Waals surface area (Å²) in [4.78, 5) is 25.5. The van der Waals surface area contributed by atoms with Crippen LogP contribution < -0.4 is 5.32 Å². The number of nitrogens with one attached hydrogen (secondary N) is 1. The quantitative estimate of drug-likeness (QED) is 0.715.